The molecule has 41 heavy (non-hydrogen) atoms. The number of thiocarbonyl (C=S) groups is 1. The normalized spacial score (nSPS) is 16.4. The summed E-state index contributed by atoms with van der Waals surface area (Å²) in [6.45, 7) is 4.34. The van der Waals surface area contributed by atoms with Gasteiger partial charge in [0.15, 0.2) is 5.11 Å². The highest BCUT2D eigenvalue weighted by molar-refractivity contribution is 7.80. The number of halogens is 1. The lowest BCUT2D eigenvalue weighted by Crippen LogP contribution is -2.32. The highest BCUT2D eigenvalue weighted by Crippen LogP contribution is 2.41. The summed E-state index contributed by atoms with van der Waals surface area (Å²) in [7, 11) is 1.37. The summed E-state index contributed by atoms with van der Waals surface area (Å²) in [6, 6.07) is 20.3. The minimum absolute atomic E-state index is 0.161. The minimum Gasteiger partial charge on any atom is -0.465 e. The number of para-hydroxylation sites is 1. The summed E-state index contributed by atoms with van der Waals surface area (Å²) in [5.41, 5.74) is 5.36. The molecule has 2 aromatic carbocycles. The lowest BCUT2D eigenvalue weighted by atomic mass is 9.96. The average Bonchev–Trinajstić information content (AvgIpc) is 3.47. The third-order valence-corrected chi connectivity index (χ3v) is 7.60. The van der Waals surface area contributed by atoms with Gasteiger partial charge in [0, 0.05) is 36.2 Å². The second-order valence-corrected chi connectivity index (χ2v) is 10.2. The maximum Gasteiger partial charge on any atom is 0.339 e. The molecule has 1 amide bonds. The molecule has 1 fully saturated rings. The smallest absolute Gasteiger partial charge is 0.339 e. The predicted octanol–water partition coefficient (Wildman–Crippen LogP) is 5.42. The Morgan fingerprint density at radius 2 is 1.80 bits per heavy atom. The van der Waals surface area contributed by atoms with Gasteiger partial charge < -0.3 is 24.8 Å². The highest BCUT2D eigenvalue weighted by Gasteiger charge is 2.41. The van der Waals surface area contributed by atoms with Crippen molar-refractivity contribution in [1.82, 2.24) is 19.8 Å². The fourth-order valence-corrected chi connectivity index (χ4v) is 5.70. The quantitative estimate of drug-likeness (QED) is 0.216. The number of carbonyl (C=O) groups is 2. The van der Waals surface area contributed by atoms with E-state index in [4.69, 9.17) is 17.0 Å². The number of methoxy groups -OCH3 is 1. The number of pyridine rings is 1. The Kier molecular flexibility index (Phi) is 8.11. The summed E-state index contributed by atoms with van der Waals surface area (Å²) in [5.74, 6) is -0.998. The Hall–Kier alpha value is -4.57. The predicted molar refractivity (Wildman–Crippen MR) is 158 cm³/mol. The van der Waals surface area contributed by atoms with Gasteiger partial charge in [-0.05, 0) is 86.2 Å². The van der Waals surface area contributed by atoms with Crippen LogP contribution in [0.5, 0.6) is 0 Å². The molecular weight excluding hydrogens is 541 g/mol. The molecule has 2 aromatic heterocycles. The SMILES string of the molecule is COC(=O)c1ccccc1-n1c(C)cc([C@H]2[C@@H](c3ccccn3)NC(=S)N2CCC(=O)Nc2ccc(F)cc2)c1C. The Morgan fingerprint density at radius 3 is 2.51 bits per heavy atom. The lowest BCUT2D eigenvalue weighted by molar-refractivity contribution is -0.116. The third kappa shape index (κ3) is 5.69. The van der Waals surface area contributed by atoms with Crippen LogP contribution in [0.25, 0.3) is 5.69 Å². The number of esters is 1. The number of ether oxygens (including phenoxy) is 1. The summed E-state index contributed by atoms with van der Waals surface area (Å²) in [6.07, 6.45) is 1.90. The minimum atomic E-state index is -0.418. The van der Waals surface area contributed by atoms with Crippen LogP contribution in [0.3, 0.4) is 0 Å². The summed E-state index contributed by atoms with van der Waals surface area (Å²) in [5, 5.41) is 6.75. The Bertz CT molecular complexity index is 1590. The van der Waals surface area contributed by atoms with Gasteiger partial charge in [-0.15, -0.1) is 0 Å². The number of rotatable bonds is 8. The molecule has 0 radical (unpaired) electrons. The fraction of sp³-hybridized carbons (Fsp3) is 0.226. The number of aryl methyl sites for hydroxylation is 1. The average molecular weight is 572 g/mol. The van der Waals surface area contributed by atoms with Crippen molar-refractivity contribution in [1.29, 1.82) is 0 Å². The van der Waals surface area contributed by atoms with E-state index >= 15 is 0 Å². The number of carbonyl (C=O) groups excluding carboxylic acids is 2. The zero-order valence-corrected chi connectivity index (χ0v) is 23.7. The number of aromatic nitrogens is 2. The molecule has 0 bridgehead atoms. The molecule has 0 unspecified atom stereocenters. The van der Waals surface area contributed by atoms with Gasteiger partial charge in [-0.1, -0.05) is 18.2 Å². The van der Waals surface area contributed by atoms with Crippen LogP contribution >= 0.6 is 12.2 Å². The molecule has 1 saturated heterocycles. The molecule has 3 heterocycles. The topological polar surface area (TPSA) is 88.5 Å². The van der Waals surface area contributed by atoms with Gasteiger partial charge in [-0.3, -0.25) is 9.78 Å². The molecule has 8 nitrogen and oxygen atoms in total. The van der Waals surface area contributed by atoms with E-state index < -0.39 is 5.97 Å². The molecule has 1 aliphatic heterocycles. The molecule has 210 valence electrons. The van der Waals surface area contributed by atoms with E-state index in [9.17, 15) is 14.0 Å². The monoisotopic (exact) mass is 571 g/mol. The number of amides is 1. The molecular formula is C31H30FN5O3S. The third-order valence-electron chi connectivity index (χ3n) is 7.24. The maximum atomic E-state index is 13.3. The molecule has 0 aliphatic carbocycles. The first-order valence-corrected chi connectivity index (χ1v) is 13.6. The first kappa shape index (κ1) is 28.0. The molecule has 2 N–H and O–H groups in total. The Labute approximate surface area is 243 Å². The standard InChI is InChI=1S/C31H30FN5O3S/c1-19-18-24(20(2)37(19)26-10-5-4-8-23(26)30(39)40-3)29-28(25-9-6-7-16-33-25)35-31(41)36(29)17-15-27(38)34-22-13-11-21(32)12-14-22/h4-14,16,18,28-29H,15,17H2,1-3H3,(H,34,38)(H,35,41)/t28-,29+/m1/s1. The Balaban J connectivity index is 1.50. The van der Waals surface area contributed by atoms with Gasteiger partial charge in [0.25, 0.3) is 0 Å². The van der Waals surface area contributed by atoms with Gasteiger partial charge in [0.2, 0.25) is 5.91 Å². The van der Waals surface area contributed by atoms with Crippen molar-refractivity contribution in [3.8, 4) is 5.69 Å². The number of nitrogens with zero attached hydrogens (tertiary/aromatic N) is 3. The van der Waals surface area contributed by atoms with E-state index in [0.29, 0.717) is 28.6 Å². The van der Waals surface area contributed by atoms with Crippen molar-refractivity contribution in [3.05, 3.63) is 113 Å². The lowest BCUT2D eigenvalue weighted by Gasteiger charge is -2.28. The zero-order chi connectivity index (χ0) is 29.1. The van der Waals surface area contributed by atoms with Crippen LogP contribution in [-0.4, -0.2) is 45.1 Å². The molecule has 5 rings (SSSR count). The molecule has 1 aliphatic rings. The zero-order valence-electron chi connectivity index (χ0n) is 22.9. The second-order valence-electron chi connectivity index (χ2n) is 9.80. The number of benzene rings is 2. The van der Waals surface area contributed by atoms with E-state index in [0.717, 1.165) is 22.6 Å². The van der Waals surface area contributed by atoms with Crippen molar-refractivity contribution >= 4 is 34.9 Å². The fourth-order valence-electron chi connectivity index (χ4n) is 5.37. The molecule has 0 saturated carbocycles. The van der Waals surface area contributed by atoms with E-state index in [1.54, 1.807) is 18.3 Å². The van der Waals surface area contributed by atoms with Crippen molar-refractivity contribution in [2.24, 2.45) is 0 Å². The summed E-state index contributed by atoms with van der Waals surface area (Å²) < 4.78 is 20.4. The van der Waals surface area contributed by atoms with Crippen LogP contribution in [0.2, 0.25) is 0 Å². The van der Waals surface area contributed by atoms with E-state index in [2.05, 4.69) is 21.7 Å². The number of hydrogen-bond donors (Lipinski definition) is 2. The van der Waals surface area contributed by atoms with Gasteiger partial charge in [0.1, 0.15) is 5.82 Å². The number of anilines is 1. The maximum absolute atomic E-state index is 13.3. The van der Waals surface area contributed by atoms with E-state index in [1.807, 2.05) is 53.6 Å². The van der Waals surface area contributed by atoms with E-state index in [1.165, 1.54) is 31.4 Å². The van der Waals surface area contributed by atoms with Crippen molar-refractivity contribution in [2.75, 3.05) is 19.0 Å². The molecule has 4 aromatic rings. The van der Waals surface area contributed by atoms with Gasteiger partial charge >= 0.3 is 5.97 Å². The number of nitrogens with one attached hydrogen (secondary N) is 2. The van der Waals surface area contributed by atoms with Crippen LogP contribution in [0.1, 0.15) is 51.5 Å². The molecule has 10 heteroatoms. The van der Waals surface area contributed by atoms with Gasteiger partial charge in [-0.2, -0.15) is 0 Å². The van der Waals surface area contributed by atoms with Crippen LogP contribution in [0, 0.1) is 19.7 Å². The van der Waals surface area contributed by atoms with Crippen LogP contribution < -0.4 is 10.6 Å². The highest BCUT2D eigenvalue weighted by atomic mass is 32.1. The van der Waals surface area contributed by atoms with E-state index in [-0.39, 0.29) is 30.2 Å². The first-order chi connectivity index (χ1) is 19.8. The Morgan fingerprint density at radius 1 is 1.07 bits per heavy atom. The largest absolute Gasteiger partial charge is 0.465 e. The van der Waals surface area contributed by atoms with Crippen molar-refractivity contribution in [3.63, 3.8) is 0 Å². The first-order valence-electron chi connectivity index (χ1n) is 13.2. The van der Waals surface area contributed by atoms with Crippen molar-refractivity contribution < 1.29 is 18.7 Å². The van der Waals surface area contributed by atoms with Gasteiger partial charge in [0.05, 0.1) is 36.1 Å². The number of hydrogen-bond acceptors (Lipinski definition) is 5. The summed E-state index contributed by atoms with van der Waals surface area (Å²) in [4.78, 5) is 32.0. The van der Waals surface area contributed by atoms with Crippen LogP contribution in [0.4, 0.5) is 10.1 Å². The van der Waals surface area contributed by atoms with Gasteiger partial charge in [-0.25, -0.2) is 9.18 Å². The van der Waals surface area contributed by atoms with Crippen LogP contribution in [0.15, 0.2) is 79.0 Å². The summed E-state index contributed by atoms with van der Waals surface area (Å²) >= 11 is 5.78. The van der Waals surface area contributed by atoms with Crippen LogP contribution in [-0.2, 0) is 9.53 Å². The second kappa shape index (κ2) is 11.9. The molecule has 0 spiro atoms. The van der Waals surface area contributed by atoms with Crippen molar-refractivity contribution in [2.45, 2.75) is 32.4 Å². The molecule has 2 atom stereocenters.